The predicted molar refractivity (Wildman–Crippen MR) is 98.9 cm³/mol. The number of benzene rings is 1. The predicted octanol–water partition coefficient (Wildman–Crippen LogP) is 4.13. The van der Waals surface area contributed by atoms with Crippen molar-refractivity contribution in [2.45, 2.75) is 39.2 Å². The first kappa shape index (κ1) is 17.5. The number of pyridine rings is 1. The first-order valence-corrected chi connectivity index (χ1v) is 9.01. The molecule has 0 radical (unpaired) electrons. The lowest BCUT2D eigenvalue weighted by Crippen LogP contribution is -2.35. The molecule has 132 valence electrons. The molecule has 2 heterocycles. The fourth-order valence-corrected chi connectivity index (χ4v) is 3.38. The van der Waals surface area contributed by atoms with E-state index in [2.05, 4.69) is 50.0 Å². The first-order valence-electron chi connectivity index (χ1n) is 9.01. The van der Waals surface area contributed by atoms with Crippen molar-refractivity contribution in [3.63, 3.8) is 0 Å². The fourth-order valence-electron chi connectivity index (χ4n) is 3.38. The van der Waals surface area contributed by atoms with Gasteiger partial charge in [-0.15, -0.1) is 0 Å². The maximum absolute atomic E-state index is 12.9. The number of carbonyl (C=O) groups excluding carboxylic acids is 1. The van der Waals surface area contributed by atoms with Crippen molar-refractivity contribution < 1.29 is 9.53 Å². The third kappa shape index (κ3) is 4.01. The molecule has 1 aromatic heterocycles. The average Bonchev–Trinajstić information content (AvgIpc) is 3.02. The number of nitrogens with zero attached hydrogens (tertiary/aromatic N) is 2. The summed E-state index contributed by atoms with van der Waals surface area (Å²) >= 11 is 0. The Kier molecular flexibility index (Phi) is 5.37. The summed E-state index contributed by atoms with van der Waals surface area (Å²) in [4.78, 5) is 19.1. The molecule has 3 rings (SSSR count). The monoisotopic (exact) mass is 338 g/mol. The molecule has 4 heteroatoms. The minimum Gasteiger partial charge on any atom is -0.477 e. The minimum atomic E-state index is 0.0499. The Hall–Kier alpha value is -2.36. The van der Waals surface area contributed by atoms with E-state index in [0.29, 0.717) is 29.9 Å². The Balaban J connectivity index is 1.67. The van der Waals surface area contributed by atoms with Gasteiger partial charge in [-0.1, -0.05) is 44.2 Å². The zero-order valence-electron chi connectivity index (χ0n) is 15.2. The van der Waals surface area contributed by atoms with Gasteiger partial charge in [-0.05, 0) is 30.9 Å². The van der Waals surface area contributed by atoms with E-state index in [9.17, 15) is 4.79 Å². The van der Waals surface area contributed by atoms with Crippen LogP contribution in [-0.2, 0) is 0 Å². The van der Waals surface area contributed by atoms with Crippen LogP contribution in [-0.4, -0.2) is 35.0 Å². The topological polar surface area (TPSA) is 42.4 Å². The maximum Gasteiger partial charge on any atom is 0.255 e. The summed E-state index contributed by atoms with van der Waals surface area (Å²) in [5.41, 5.74) is 1.93. The van der Waals surface area contributed by atoms with Crippen molar-refractivity contribution in [2.24, 2.45) is 5.92 Å². The highest BCUT2D eigenvalue weighted by Gasteiger charge is 2.35. The summed E-state index contributed by atoms with van der Waals surface area (Å²) in [6.45, 7) is 7.73. The van der Waals surface area contributed by atoms with Crippen LogP contribution < -0.4 is 4.74 Å². The number of aromatic nitrogens is 1. The quantitative estimate of drug-likeness (QED) is 0.823. The lowest BCUT2D eigenvalue weighted by atomic mass is 9.93. The zero-order valence-corrected chi connectivity index (χ0v) is 15.2. The van der Waals surface area contributed by atoms with Gasteiger partial charge < -0.3 is 9.64 Å². The Morgan fingerprint density at radius 2 is 2.00 bits per heavy atom. The van der Waals surface area contributed by atoms with E-state index in [1.165, 1.54) is 5.56 Å². The molecule has 1 amide bonds. The van der Waals surface area contributed by atoms with Gasteiger partial charge in [0.1, 0.15) is 0 Å². The van der Waals surface area contributed by atoms with Gasteiger partial charge in [-0.3, -0.25) is 4.79 Å². The van der Waals surface area contributed by atoms with Crippen molar-refractivity contribution in [2.75, 3.05) is 13.2 Å². The number of ether oxygens (including phenoxy) is 1. The SMILES string of the molecule is CC(C)COc1ccc(C(=O)N2CC[C@@H](c3ccccc3)[C@@H]2C)cn1. The molecule has 1 saturated heterocycles. The van der Waals surface area contributed by atoms with Gasteiger partial charge in [0.25, 0.3) is 5.91 Å². The second-order valence-corrected chi connectivity index (χ2v) is 7.13. The lowest BCUT2D eigenvalue weighted by molar-refractivity contribution is 0.0741. The van der Waals surface area contributed by atoms with Crippen LogP contribution in [0.2, 0.25) is 0 Å². The van der Waals surface area contributed by atoms with Gasteiger partial charge in [-0.25, -0.2) is 4.98 Å². The Morgan fingerprint density at radius 3 is 2.64 bits per heavy atom. The molecular formula is C21H26N2O2. The van der Waals surface area contributed by atoms with Crippen LogP contribution in [0.3, 0.4) is 0 Å². The zero-order chi connectivity index (χ0) is 17.8. The Bertz CT molecular complexity index is 698. The third-order valence-corrected chi connectivity index (χ3v) is 4.79. The van der Waals surface area contributed by atoms with Crippen molar-refractivity contribution >= 4 is 5.91 Å². The highest BCUT2D eigenvalue weighted by atomic mass is 16.5. The van der Waals surface area contributed by atoms with Crippen LogP contribution in [0.1, 0.15) is 49.0 Å². The average molecular weight is 338 g/mol. The van der Waals surface area contributed by atoms with Crippen LogP contribution in [0.15, 0.2) is 48.7 Å². The molecule has 0 spiro atoms. The highest BCUT2D eigenvalue weighted by Crippen LogP contribution is 2.34. The van der Waals surface area contributed by atoms with Crippen LogP contribution >= 0.6 is 0 Å². The maximum atomic E-state index is 12.9. The standard InChI is InChI=1S/C21H26N2O2/c1-15(2)14-25-20-10-9-18(13-22-20)21(24)23-12-11-19(16(23)3)17-7-5-4-6-8-17/h4-10,13,15-16,19H,11-12,14H2,1-3H3/t16-,19+/m0/s1. The van der Waals surface area contributed by atoms with Crippen LogP contribution in [0.4, 0.5) is 0 Å². The van der Waals surface area contributed by atoms with Crippen molar-refractivity contribution in [1.82, 2.24) is 9.88 Å². The lowest BCUT2D eigenvalue weighted by Gasteiger charge is -2.25. The molecular weight excluding hydrogens is 312 g/mol. The summed E-state index contributed by atoms with van der Waals surface area (Å²) in [7, 11) is 0. The summed E-state index contributed by atoms with van der Waals surface area (Å²) in [6.07, 6.45) is 2.63. The van der Waals surface area contributed by atoms with Gasteiger partial charge in [0.2, 0.25) is 5.88 Å². The van der Waals surface area contributed by atoms with Crippen molar-refractivity contribution in [1.29, 1.82) is 0 Å². The molecule has 0 N–H and O–H groups in total. The Labute approximate surface area is 149 Å². The molecule has 4 nitrogen and oxygen atoms in total. The van der Waals surface area contributed by atoms with E-state index in [1.54, 1.807) is 12.3 Å². The molecule has 1 aliphatic heterocycles. The van der Waals surface area contributed by atoms with Crippen LogP contribution in [0.5, 0.6) is 5.88 Å². The molecule has 2 atom stereocenters. The molecule has 1 fully saturated rings. The van der Waals surface area contributed by atoms with Crippen LogP contribution in [0, 0.1) is 5.92 Å². The number of rotatable bonds is 5. The molecule has 25 heavy (non-hydrogen) atoms. The second-order valence-electron chi connectivity index (χ2n) is 7.13. The van der Waals surface area contributed by atoms with Gasteiger partial charge in [0, 0.05) is 30.8 Å². The van der Waals surface area contributed by atoms with Crippen molar-refractivity contribution in [3.8, 4) is 5.88 Å². The normalized spacial score (nSPS) is 20.1. The van der Waals surface area contributed by atoms with E-state index < -0.39 is 0 Å². The third-order valence-electron chi connectivity index (χ3n) is 4.79. The van der Waals surface area contributed by atoms with Gasteiger partial charge in [0.05, 0.1) is 12.2 Å². The number of carbonyl (C=O) groups is 1. The number of hydrogen-bond donors (Lipinski definition) is 0. The molecule has 0 aliphatic carbocycles. The van der Waals surface area contributed by atoms with Gasteiger partial charge >= 0.3 is 0 Å². The second kappa shape index (κ2) is 7.68. The number of amides is 1. The first-order chi connectivity index (χ1) is 12.1. The van der Waals surface area contributed by atoms with Gasteiger partial charge in [0.15, 0.2) is 0 Å². The molecule has 0 saturated carbocycles. The van der Waals surface area contributed by atoms with Crippen molar-refractivity contribution in [3.05, 3.63) is 59.8 Å². The van der Waals surface area contributed by atoms with Gasteiger partial charge in [-0.2, -0.15) is 0 Å². The number of likely N-dealkylation sites (tertiary alicyclic amines) is 1. The molecule has 1 aliphatic rings. The summed E-state index contributed by atoms with van der Waals surface area (Å²) in [5, 5.41) is 0. The van der Waals surface area contributed by atoms with Crippen LogP contribution in [0.25, 0.3) is 0 Å². The molecule has 0 unspecified atom stereocenters. The summed E-state index contributed by atoms with van der Waals surface area (Å²) in [5.74, 6) is 1.46. The fraction of sp³-hybridized carbons (Fsp3) is 0.429. The smallest absolute Gasteiger partial charge is 0.255 e. The highest BCUT2D eigenvalue weighted by molar-refractivity contribution is 5.94. The minimum absolute atomic E-state index is 0.0499. The largest absolute Gasteiger partial charge is 0.477 e. The van der Waals surface area contributed by atoms with E-state index in [4.69, 9.17) is 4.74 Å². The Morgan fingerprint density at radius 1 is 1.24 bits per heavy atom. The van der Waals surface area contributed by atoms with E-state index in [-0.39, 0.29) is 11.9 Å². The van der Waals surface area contributed by atoms with E-state index in [1.807, 2.05) is 17.0 Å². The molecule has 1 aromatic carbocycles. The molecule has 2 aromatic rings. The summed E-state index contributed by atoms with van der Waals surface area (Å²) in [6, 6.07) is 14.2. The number of hydrogen-bond acceptors (Lipinski definition) is 3. The van der Waals surface area contributed by atoms with E-state index >= 15 is 0 Å². The van der Waals surface area contributed by atoms with E-state index in [0.717, 1.165) is 13.0 Å². The summed E-state index contributed by atoms with van der Waals surface area (Å²) < 4.78 is 5.59. The molecule has 0 bridgehead atoms.